The van der Waals surface area contributed by atoms with Gasteiger partial charge in [0, 0.05) is 44.4 Å². The molecule has 2 aromatic heterocycles. The maximum absolute atomic E-state index is 4.03. The van der Waals surface area contributed by atoms with Crippen LogP contribution in [0.4, 0.5) is 0 Å². The van der Waals surface area contributed by atoms with Gasteiger partial charge in [0.1, 0.15) is 0 Å². The van der Waals surface area contributed by atoms with Crippen LogP contribution >= 0.6 is 0 Å². The zero-order valence-corrected chi connectivity index (χ0v) is 11.0. The van der Waals surface area contributed by atoms with Crippen molar-refractivity contribution in [1.29, 1.82) is 0 Å². The third-order valence-electron chi connectivity index (χ3n) is 2.95. The van der Waals surface area contributed by atoms with E-state index in [0.717, 1.165) is 32.6 Å². The second-order valence-electron chi connectivity index (χ2n) is 4.59. The Balaban J connectivity index is 1.59. The minimum atomic E-state index is 0.959. The first-order chi connectivity index (χ1) is 8.88. The molecule has 0 atom stereocenters. The van der Waals surface area contributed by atoms with Crippen LogP contribution in [0.25, 0.3) is 0 Å². The maximum Gasteiger partial charge on any atom is 0.0945 e. The first kappa shape index (κ1) is 12.9. The second kappa shape index (κ2) is 7.01. The predicted molar refractivity (Wildman–Crippen MR) is 73.3 cm³/mol. The zero-order valence-electron chi connectivity index (χ0n) is 11.0. The van der Waals surface area contributed by atoms with Crippen LogP contribution in [0.15, 0.2) is 37.2 Å². The predicted octanol–water partition coefficient (Wildman–Crippen LogP) is 2.27. The molecule has 0 bridgehead atoms. The number of rotatable bonds is 8. The van der Waals surface area contributed by atoms with Gasteiger partial charge < -0.3 is 14.5 Å². The molecular weight excluding hydrogens is 224 g/mol. The molecule has 0 fully saturated rings. The highest BCUT2D eigenvalue weighted by Crippen LogP contribution is 2.02. The van der Waals surface area contributed by atoms with E-state index in [-0.39, 0.29) is 0 Å². The van der Waals surface area contributed by atoms with Crippen LogP contribution in [0.1, 0.15) is 25.3 Å². The minimum Gasteiger partial charge on any atom is -0.354 e. The van der Waals surface area contributed by atoms with Gasteiger partial charge in [-0.3, -0.25) is 0 Å². The number of aromatic nitrogens is 3. The second-order valence-corrected chi connectivity index (χ2v) is 4.59. The molecule has 0 aliphatic rings. The van der Waals surface area contributed by atoms with Gasteiger partial charge in [-0.2, -0.15) is 0 Å². The topological polar surface area (TPSA) is 34.8 Å². The van der Waals surface area contributed by atoms with E-state index < -0.39 is 0 Å². The largest absolute Gasteiger partial charge is 0.354 e. The van der Waals surface area contributed by atoms with Gasteiger partial charge in [0.2, 0.25) is 0 Å². The molecule has 18 heavy (non-hydrogen) atoms. The first-order valence-corrected chi connectivity index (χ1v) is 6.69. The molecule has 0 saturated heterocycles. The molecular formula is C14H22N4. The fraction of sp³-hybridized carbons (Fsp3) is 0.500. The molecule has 4 nitrogen and oxygen atoms in total. The SMILES string of the molecule is CCCn1ccc(CNCCCn2ccnc2)c1. The van der Waals surface area contributed by atoms with Crippen molar-refractivity contribution in [2.45, 2.75) is 39.4 Å². The third-order valence-corrected chi connectivity index (χ3v) is 2.95. The molecule has 0 saturated carbocycles. The molecule has 0 aromatic carbocycles. The summed E-state index contributed by atoms with van der Waals surface area (Å²) in [7, 11) is 0. The van der Waals surface area contributed by atoms with E-state index in [4.69, 9.17) is 0 Å². The highest BCUT2D eigenvalue weighted by Gasteiger charge is 1.96. The Bertz CT molecular complexity index is 430. The standard InChI is InChI=1S/C14H22N4/c1-2-7-17-9-4-14(12-17)11-15-5-3-8-18-10-6-16-13-18/h4,6,9-10,12-13,15H,2-3,5,7-8,11H2,1H3. The van der Waals surface area contributed by atoms with Crippen LogP contribution < -0.4 is 5.32 Å². The molecule has 4 heteroatoms. The molecule has 0 aliphatic carbocycles. The summed E-state index contributed by atoms with van der Waals surface area (Å²) in [6.07, 6.45) is 12.4. The molecule has 2 rings (SSSR count). The van der Waals surface area contributed by atoms with E-state index in [1.165, 1.54) is 12.0 Å². The lowest BCUT2D eigenvalue weighted by molar-refractivity contribution is 0.580. The van der Waals surface area contributed by atoms with E-state index in [9.17, 15) is 0 Å². The van der Waals surface area contributed by atoms with Gasteiger partial charge in [-0.1, -0.05) is 6.92 Å². The summed E-state index contributed by atoms with van der Waals surface area (Å²) in [6, 6.07) is 2.19. The summed E-state index contributed by atoms with van der Waals surface area (Å²) in [5, 5.41) is 3.47. The van der Waals surface area contributed by atoms with Crippen LogP contribution in [0.2, 0.25) is 0 Å². The smallest absolute Gasteiger partial charge is 0.0945 e. The van der Waals surface area contributed by atoms with Crippen LogP contribution in [0, 0.1) is 0 Å². The van der Waals surface area contributed by atoms with Crippen LogP contribution in [0.3, 0.4) is 0 Å². The number of imidazole rings is 1. The fourth-order valence-corrected chi connectivity index (χ4v) is 2.03. The molecule has 2 aromatic rings. The molecule has 98 valence electrons. The van der Waals surface area contributed by atoms with Gasteiger partial charge in [-0.05, 0) is 31.0 Å². The zero-order chi connectivity index (χ0) is 12.6. The Labute approximate surface area is 109 Å². The van der Waals surface area contributed by atoms with Gasteiger partial charge in [0.15, 0.2) is 0 Å². The lowest BCUT2D eigenvalue weighted by Gasteiger charge is -2.04. The van der Waals surface area contributed by atoms with Crippen molar-refractivity contribution < 1.29 is 0 Å². The van der Waals surface area contributed by atoms with Gasteiger partial charge >= 0.3 is 0 Å². The normalized spacial score (nSPS) is 10.9. The Kier molecular flexibility index (Phi) is 5.02. The Morgan fingerprint density at radius 2 is 2.17 bits per heavy atom. The van der Waals surface area contributed by atoms with E-state index in [0.29, 0.717) is 0 Å². The quantitative estimate of drug-likeness (QED) is 0.725. The molecule has 0 radical (unpaired) electrons. The molecule has 0 amide bonds. The van der Waals surface area contributed by atoms with Crippen molar-refractivity contribution >= 4 is 0 Å². The van der Waals surface area contributed by atoms with Crippen LogP contribution in [0.5, 0.6) is 0 Å². The molecule has 1 N–H and O–H groups in total. The van der Waals surface area contributed by atoms with Gasteiger partial charge in [-0.15, -0.1) is 0 Å². The third kappa shape index (κ3) is 4.04. The molecule has 2 heterocycles. The summed E-state index contributed by atoms with van der Waals surface area (Å²) in [4.78, 5) is 4.03. The van der Waals surface area contributed by atoms with Crippen molar-refractivity contribution in [3.63, 3.8) is 0 Å². The summed E-state index contributed by atoms with van der Waals surface area (Å²) in [5.74, 6) is 0. The van der Waals surface area contributed by atoms with Crippen molar-refractivity contribution in [2.24, 2.45) is 0 Å². The lowest BCUT2D eigenvalue weighted by atomic mass is 10.3. The van der Waals surface area contributed by atoms with E-state index in [2.05, 4.69) is 44.8 Å². The summed E-state index contributed by atoms with van der Waals surface area (Å²) >= 11 is 0. The average Bonchev–Trinajstić information content (AvgIpc) is 3.01. The average molecular weight is 246 g/mol. The minimum absolute atomic E-state index is 0.959. The number of nitrogens with zero attached hydrogens (tertiary/aromatic N) is 3. The highest BCUT2D eigenvalue weighted by molar-refractivity contribution is 5.09. The van der Waals surface area contributed by atoms with Crippen LogP contribution in [-0.2, 0) is 19.6 Å². The highest BCUT2D eigenvalue weighted by atomic mass is 15.0. The summed E-state index contributed by atoms with van der Waals surface area (Å²) in [6.45, 7) is 6.34. The number of hydrogen-bond acceptors (Lipinski definition) is 2. The lowest BCUT2D eigenvalue weighted by Crippen LogP contribution is -2.16. The monoisotopic (exact) mass is 246 g/mol. The van der Waals surface area contributed by atoms with Crippen LogP contribution in [-0.4, -0.2) is 20.7 Å². The first-order valence-electron chi connectivity index (χ1n) is 6.69. The van der Waals surface area contributed by atoms with Crippen molar-refractivity contribution in [3.05, 3.63) is 42.7 Å². The Hall–Kier alpha value is -1.55. The molecule has 0 spiro atoms. The van der Waals surface area contributed by atoms with Gasteiger partial charge in [0.05, 0.1) is 6.33 Å². The fourth-order valence-electron chi connectivity index (χ4n) is 2.03. The summed E-state index contributed by atoms with van der Waals surface area (Å²) < 4.78 is 4.36. The van der Waals surface area contributed by atoms with Gasteiger partial charge in [0.25, 0.3) is 0 Å². The molecule has 0 unspecified atom stereocenters. The van der Waals surface area contributed by atoms with Crippen molar-refractivity contribution in [1.82, 2.24) is 19.4 Å². The maximum atomic E-state index is 4.03. The number of hydrogen-bond donors (Lipinski definition) is 1. The van der Waals surface area contributed by atoms with E-state index in [1.807, 2.05) is 18.7 Å². The molecule has 0 aliphatic heterocycles. The summed E-state index contributed by atoms with van der Waals surface area (Å²) in [5.41, 5.74) is 1.37. The Morgan fingerprint density at radius 3 is 2.94 bits per heavy atom. The number of nitrogens with one attached hydrogen (secondary N) is 1. The van der Waals surface area contributed by atoms with E-state index in [1.54, 1.807) is 0 Å². The van der Waals surface area contributed by atoms with Crippen molar-refractivity contribution in [3.8, 4) is 0 Å². The Morgan fingerprint density at radius 1 is 1.22 bits per heavy atom. The van der Waals surface area contributed by atoms with Crippen molar-refractivity contribution in [2.75, 3.05) is 6.54 Å². The van der Waals surface area contributed by atoms with E-state index >= 15 is 0 Å². The number of aryl methyl sites for hydroxylation is 2. The van der Waals surface area contributed by atoms with Gasteiger partial charge in [-0.25, -0.2) is 4.98 Å².